The molecule has 2 atom stereocenters. The quantitative estimate of drug-likeness (QED) is 0.600. The van der Waals surface area contributed by atoms with Crippen LogP contribution in [0.1, 0.15) is 56.4 Å². The maximum Gasteiger partial charge on any atom is 0.118 e. The Bertz CT molecular complexity index is 870. The van der Waals surface area contributed by atoms with E-state index in [-0.39, 0.29) is 0 Å². The van der Waals surface area contributed by atoms with Gasteiger partial charge in [0.15, 0.2) is 0 Å². The van der Waals surface area contributed by atoms with Gasteiger partial charge in [-0.2, -0.15) is 0 Å². The van der Waals surface area contributed by atoms with Crippen LogP contribution in [0.15, 0.2) is 59.0 Å². The maximum absolute atomic E-state index is 5.25. The highest BCUT2D eigenvalue weighted by Gasteiger charge is 2.25. The summed E-state index contributed by atoms with van der Waals surface area (Å²) in [5.74, 6) is 1.60. The van der Waals surface area contributed by atoms with E-state index in [1.165, 1.54) is 28.0 Å². The van der Waals surface area contributed by atoms with Crippen molar-refractivity contribution in [1.82, 2.24) is 4.98 Å². The first-order valence-corrected chi connectivity index (χ1v) is 9.76. The average molecular weight is 363 g/mol. The van der Waals surface area contributed by atoms with Crippen LogP contribution >= 0.6 is 0 Å². The molecule has 1 aliphatic heterocycles. The molecule has 142 valence electrons. The molecule has 2 unspecified atom stereocenters. The highest BCUT2D eigenvalue weighted by atomic mass is 16.5. The highest BCUT2D eigenvalue weighted by Crippen LogP contribution is 2.36. The number of ether oxygens (including phenoxy) is 1. The molecule has 0 N–H and O–H groups in total. The fourth-order valence-corrected chi connectivity index (χ4v) is 4.23. The molecule has 0 fully saturated rings. The minimum atomic E-state index is 0.414. The van der Waals surface area contributed by atoms with Gasteiger partial charge in [0.2, 0.25) is 0 Å². The number of aliphatic imine (C=N–C) groups is 1. The minimum absolute atomic E-state index is 0.414. The number of methoxy groups -OCH3 is 1. The molecule has 27 heavy (non-hydrogen) atoms. The van der Waals surface area contributed by atoms with Crippen molar-refractivity contribution in [1.29, 1.82) is 0 Å². The molecule has 3 rings (SSSR count). The van der Waals surface area contributed by atoms with Gasteiger partial charge < -0.3 is 4.74 Å². The first kappa shape index (κ1) is 19.3. The zero-order valence-corrected chi connectivity index (χ0v) is 17.2. The predicted molar refractivity (Wildman–Crippen MR) is 114 cm³/mol. The number of pyridine rings is 1. The first-order valence-electron chi connectivity index (χ1n) is 9.76. The van der Waals surface area contributed by atoms with Gasteiger partial charge in [-0.3, -0.25) is 9.98 Å². The van der Waals surface area contributed by atoms with Crippen LogP contribution in [0.25, 0.3) is 5.57 Å². The van der Waals surface area contributed by atoms with Crippen LogP contribution in [0.3, 0.4) is 0 Å². The Morgan fingerprint density at radius 1 is 1.33 bits per heavy atom. The van der Waals surface area contributed by atoms with Gasteiger partial charge in [0.25, 0.3) is 0 Å². The summed E-state index contributed by atoms with van der Waals surface area (Å²) in [7, 11) is 1.67. The zero-order valence-electron chi connectivity index (χ0n) is 17.2. The summed E-state index contributed by atoms with van der Waals surface area (Å²) in [6.07, 6.45) is 10.8. The number of hydrogen-bond donors (Lipinski definition) is 0. The van der Waals surface area contributed by atoms with Crippen molar-refractivity contribution in [2.45, 2.75) is 46.5 Å². The van der Waals surface area contributed by atoms with Crippen LogP contribution in [-0.2, 0) is 4.74 Å². The number of hydrogen-bond acceptors (Lipinski definition) is 3. The van der Waals surface area contributed by atoms with E-state index in [4.69, 9.17) is 9.72 Å². The Hall–Kier alpha value is -2.42. The van der Waals surface area contributed by atoms with Gasteiger partial charge in [0.1, 0.15) is 5.76 Å². The molecular weight excluding hydrogens is 332 g/mol. The van der Waals surface area contributed by atoms with E-state index in [1.54, 1.807) is 7.11 Å². The second-order valence-electron chi connectivity index (χ2n) is 7.54. The smallest absolute Gasteiger partial charge is 0.118 e. The van der Waals surface area contributed by atoms with Crippen LogP contribution in [0.2, 0.25) is 0 Å². The van der Waals surface area contributed by atoms with Gasteiger partial charge in [-0.15, -0.1) is 0 Å². The van der Waals surface area contributed by atoms with E-state index in [0.29, 0.717) is 11.8 Å². The topological polar surface area (TPSA) is 34.5 Å². The summed E-state index contributed by atoms with van der Waals surface area (Å²) in [6, 6.07) is 2.29. The standard InChI is InChI=1S/C24H30N2O/c1-7-22(20-10-8-19(9-11-20)18(5)27-6)24-15(2)12-21(14-26-24)23-16(3)13-25-17(23)4/h8-10,12,14,20,22H,5,7,11,13H2,1-4,6H3. The van der Waals surface area contributed by atoms with E-state index in [9.17, 15) is 0 Å². The van der Waals surface area contributed by atoms with Crippen LogP contribution in [-0.4, -0.2) is 24.4 Å². The second kappa shape index (κ2) is 8.08. The van der Waals surface area contributed by atoms with Crippen LogP contribution in [0.4, 0.5) is 0 Å². The lowest BCUT2D eigenvalue weighted by molar-refractivity contribution is 0.303. The lowest BCUT2D eigenvalue weighted by Crippen LogP contribution is -2.15. The maximum atomic E-state index is 5.25. The molecule has 1 aromatic rings. The molecule has 0 amide bonds. The summed E-state index contributed by atoms with van der Waals surface area (Å²) in [5.41, 5.74) is 8.49. The summed E-state index contributed by atoms with van der Waals surface area (Å²) in [5, 5.41) is 0. The molecule has 3 nitrogen and oxygen atoms in total. The largest absolute Gasteiger partial charge is 0.497 e. The van der Waals surface area contributed by atoms with Gasteiger partial charge in [-0.25, -0.2) is 0 Å². The van der Waals surface area contributed by atoms with Crippen molar-refractivity contribution in [3.05, 3.63) is 70.8 Å². The van der Waals surface area contributed by atoms with Gasteiger partial charge in [-0.1, -0.05) is 31.7 Å². The molecule has 2 aliphatic rings. The number of rotatable bonds is 6. The van der Waals surface area contributed by atoms with Crippen molar-refractivity contribution in [3.63, 3.8) is 0 Å². The summed E-state index contributed by atoms with van der Waals surface area (Å²) in [6.45, 7) is 13.5. The van der Waals surface area contributed by atoms with Crippen molar-refractivity contribution in [2.75, 3.05) is 13.7 Å². The molecular formula is C24H30N2O. The lowest BCUT2D eigenvalue weighted by atomic mass is 9.80. The zero-order chi connectivity index (χ0) is 19.6. The molecule has 0 saturated heterocycles. The third-order valence-corrected chi connectivity index (χ3v) is 5.76. The molecule has 1 aromatic heterocycles. The number of nitrogens with zero attached hydrogens (tertiary/aromatic N) is 2. The highest BCUT2D eigenvalue weighted by molar-refractivity contribution is 6.25. The summed E-state index contributed by atoms with van der Waals surface area (Å²) < 4.78 is 5.25. The van der Waals surface area contributed by atoms with Crippen LogP contribution < -0.4 is 0 Å². The Morgan fingerprint density at radius 2 is 2.11 bits per heavy atom. The van der Waals surface area contributed by atoms with Crippen LogP contribution in [0.5, 0.6) is 0 Å². The molecule has 3 heteroatoms. The Labute approximate surface area is 163 Å². The van der Waals surface area contributed by atoms with E-state index in [0.717, 1.165) is 36.4 Å². The van der Waals surface area contributed by atoms with Gasteiger partial charge in [0.05, 0.1) is 13.7 Å². The number of aromatic nitrogens is 1. The Balaban J connectivity index is 1.84. The fourth-order valence-electron chi connectivity index (χ4n) is 4.23. The van der Waals surface area contributed by atoms with Gasteiger partial charge in [-0.05, 0) is 56.7 Å². The third-order valence-electron chi connectivity index (χ3n) is 5.76. The SMILES string of the molecule is C=C(OC)C1=CCC(C(CC)c2ncc(C3=C(C)CN=C3C)cc2C)C=C1. The number of aryl methyl sites for hydroxylation is 1. The van der Waals surface area contributed by atoms with Crippen molar-refractivity contribution in [2.24, 2.45) is 10.9 Å². The monoisotopic (exact) mass is 362 g/mol. The number of allylic oxidation sites excluding steroid dienone is 4. The normalized spacial score (nSPS) is 20.4. The van der Waals surface area contributed by atoms with Crippen molar-refractivity contribution < 1.29 is 4.74 Å². The molecule has 0 bridgehead atoms. The molecule has 0 saturated carbocycles. The molecule has 0 aromatic carbocycles. The molecule has 0 radical (unpaired) electrons. The van der Waals surface area contributed by atoms with Gasteiger partial charge in [0, 0.05) is 40.2 Å². The Kier molecular flexibility index (Phi) is 5.79. The molecule has 1 aliphatic carbocycles. The van der Waals surface area contributed by atoms with E-state index in [1.807, 2.05) is 6.20 Å². The lowest BCUT2D eigenvalue weighted by Gasteiger charge is -2.26. The van der Waals surface area contributed by atoms with E-state index < -0.39 is 0 Å². The second-order valence-corrected chi connectivity index (χ2v) is 7.54. The van der Waals surface area contributed by atoms with Crippen molar-refractivity contribution >= 4 is 11.3 Å². The third kappa shape index (κ3) is 3.83. The minimum Gasteiger partial charge on any atom is -0.497 e. The van der Waals surface area contributed by atoms with E-state index in [2.05, 4.69) is 63.6 Å². The Morgan fingerprint density at radius 3 is 2.63 bits per heavy atom. The van der Waals surface area contributed by atoms with Crippen LogP contribution in [0, 0.1) is 12.8 Å². The average Bonchev–Trinajstić information content (AvgIpc) is 3.01. The predicted octanol–water partition coefficient (Wildman–Crippen LogP) is 5.79. The summed E-state index contributed by atoms with van der Waals surface area (Å²) in [4.78, 5) is 9.48. The van der Waals surface area contributed by atoms with Gasteiger partial charge >= 0.3 is 0 Å². The van der Waals surface area contributed by atoms with Crippen molar-refractivity contribution in [3.8, 4) is 0 Å². The van der Waals surface area contributed by atoms with E-state index >= 15 is 0 Å². The fraction of sp³-hybridized carbons (Fsp3) is 0.417. The first-order chi connectivity index (χ1) is 13.0. The molecule has 2 heterocycles. The molecule has 0 spiro atoms. The summed E-state index contributed by atoms with van der Waals surface area (Å²) >= 11 is 0.